The van der Waals surface area contributed by atoms with E-state index in [0.717, 1.165) is 47.7 Å². The van der Waals surface area contributed by atoms with E-state index in [-0.39, 0.29) is 0 Å². The lowest BCUT2D eigenvalue weighted by molar-refractivity contribution is 0.268. The first-order chi connectivity index (χ1) is 17.0. The molecule has 0 spiro atoms. The van der Waals surface area contributed by atoms with Crippen molar-refractivity contribution in [3.05, 3.63) is 72.4 Å². The van der Waals surface area contributed by atoms with E-state index in [0.29, 0.717) is 11.4 Å². The zero-order valence-electron chi connectivity index (χ0n) is 20.7. The Kier molecular flexibility index (Phi) is 8.31. The van der Waals surface area contributed by atoms with E-state index in [1.807, 2.05) is 48.5 Å². The molecule has 6 nitrogen and oxygen atoms in total. The van der Waals surface area contributed by atoms with Gasteiger partial charge in [0.2, 0.25) is 0 Å². The standard InChI is InChI=1S/C28H36N4O2S/c1-3-5-17-32(18-6-4-2)19-16-23-21-29-27-15-14-24(20-26(23)27)30-35(33,34)31-28-13-9-11-22-10-7-8-12-25(22)28/h7-15,20-21,29-31H,3-6,16-19H2,1-2H3. The summed E-state index contributed by atoms with van der Waals surface area (Å²) in [6.07, 6.45) is 7.81. The summed E-state index contributed by atoms with van der Waals surface area (Å²) in [5, 5.41) is 2.90. The third-order valence-electron chi connectivity index (χ3n) is 6.41. The second kappa shape index (κ2) is 11.6. The van der Waals surface area contributed by atoms with Crippen LogP contribution in [-0.2, 0) is 16.6 Å². The molecule has 0 fully saturated rings. The van der Waals surface area contributed by atoms with Crippen LogP contribution in [-0.4, -0.2) is 37.9 Å². The van der Waals surface area contributed by atoms with Gasteiger partial charge in [-0.2, -0.15) is 8.42 Å². The van der Waals surface area contributed by atoms with Crippen LogP contribution in [0.15, 0.2) is 66.9 Å². The number of nitrogens with zero attached hydrogens (tertiary/aromatic N) is 1. The van der Waals surface area contributed by atoms with E-state index in [4.69, 9.17) is 0 Å². The fourth-order valence-corrected chi connectivity index (χ4v) is 5.42. The summed E-state index contributed by atoms with van der Waals surface area (Å²) >= 11 is 0. The lowest BCUT2D eigenvalue weighted by atomic mass is 10.1. The van der Waals surface area contributed by atoms with Crippen molar-refractivity contribution in [2.45, 2.75) is 46.0 Å². The highest BCUT2D eigenvalue weighted by molar-refractivity contribution is 7.94. The maximum absolute atomic E-state index is 13.0. The Balaban J connectivity index is 1.48. The van der Waals surface area contributed by atoms with Gasteiger partial charge >= 0.3 is 10.2 Å². The number of anilines is 2. The van der Waals surface area contributed by atoms with Gasteiger partial charge in [-0.25, -0.2) is 0 Å². The van der Waals surface area contributed by atoms with E-state index in [1.165, 1.54) is 31.2 Å². The highest BCUT2D eigenvalue weighted by Crippen LogP contribution is 2.26. The Bertz CT molecular complexity index is 1350. The third-order valence-corrected chi connectivity index (χ3v) is 7.40. The number of unbranched alkanes of at least 4 members (excludes halogenated alkanes) is 2. The Morgan fingerprint density at radius 3 is 2.34 bits per heavy atom. The minimum absolute atomic E-state index is 0.542. The number of hydrogen-bond donors (Lipinski definition) is 3. The first kappa shape index (κ1) is 25.1. The lowest BCUT2D eigenvalue weighted by Gasteiger charge is -2.21. The monoisotopic (exact) mass is 492 g/mol. The summed E-state index contributed by atoms with van der Waals surface area (Å²) in [5.74, 6) is 0. The van der Waals surface area contributed by atoms with Gasteiger partial charge in [-0.05, 0) is 67.6 Å². The van der Waals surface area contributed by atoms with E-state index in [1.54, 1.807) is 12.1 Å². The molecule has 0 bridgehead atoms. The molecule has 0 atom stereocenters. The van der Waals surface area contributed by atoms with E-state index in [2.05, 4.69) is 39.4 Å². The number of hydrogen-bond acceptors (Lipinski definition) is 3. The van der Waals surface area contributed by atoms with Crippen LogP contribution in [0, 0.1) is 0 Å². The second-order valence-electron chi connectivity index (χ2n) is 9.11. The molecular weight excluding hydrogens is 456 g/mol. The van der Waals surface area contributed by atoms with Crippen molar-refractivity contribution in [3.63, 3.8) is 0 Å². The molecule has 1 heterocycles. The highest BCUT2D eigenvalue weighted by atomic mass is 32.2. The number of aromatic amines is 1. The van der Waals surface area contributed by atoms with Crippen LogP contribution in [0.1, 0.15) is 45.1 Å². The predicted molar refractivity (Wildman–Crippen MR) is 148 cm³/mol. The average molecular weight is 493 g/mol. The van der Waals surface area contributed by atoms with Gasteiger partial charge in [-0.3, -0.25) is 9.44 Å². The molecule has 0 saturated carbocycles. The molecule has 3 N–H and O–H groups in total. The highest BCUT2D eigenvalue weighted by Gasteiger charge is 2.14. The third kappa shape index (κ3) is 6.55. The Hall–Kier alpha value is -3.03. The number of aromatic nitrogens is 1. The average Bonchev–Trinajstić information content (AvgIpc) is 3.25. The van der Waals surface area contributed by atoms with E-state index >= 15 is 0 Å². The fraction of sp³-hybridized carbons (Fsp3) is 0.357. The van der Waals surface area contributed by atoms with Crippen molar-refractivity contribution in [1.82, 2.24) is 9.88 Å². The van der Waals surface area contributed by atoms with Crippen LogP contribution in [0.3, 0.4) is 0 Å². The molecule has 4 rings (SSSR count). The van der Waals surface area contributed by atoms with Crippen LogP contribution in [0.4, 0.5) is 11.4 Å². The molecule has 0 amide bonds. The van der Waals surface area contributed by atoms with Crippen LogP contribution in [0.5, 0.6) is 0 Å². The topological polar surface area (TPSA) is 77.2 Å². The fourth-order valence-electron chi connectivity index (χ4n) is 4.47. The number of H-pyrrole nitrogens is 1. The molecule has 1 aromatic heterocycles. The van der Waals surface area contributed by atoms with Gasteiger partial charge in [0.15, 0.2) is 0 Å². The van der Waals surface area contributed by atoms with Crippen LogP contribution < -0.4 is 9.44 Å². The normalized spacial score (nSPS) is 12.0. The summed E-state index contributed by atoms with van der Waals surface area (Å²) in [4.78, 5) is 5.89. The first-order valence-corrected chi connectivity index (χ1v) is 14.1. The van der Waals surface area contributed by atoms with Crippen molar-refractivity contribution in [1.29, 1.82) is 0 Å². The summed E-state index contributed by atoms with van der Waals surface area (Å²) in [6.45, 7) is 7.73. The van der Waals surface area contributed by atoms with Gasteiger partial charge < -0.3 is 9.88 Å². The van der Waals surface area contributed by atoms with E-state index < -0.39 is 10.2 Å². The van der Waals surface area contributed by atoms with Crippen molar-refractivity contribution in [3.8, 4) is 0 Å². The minimum Gasteiger partial charge on any atom is -0.361 e. The van der Waals surface area contributed by atoms with Gasteiger partial charge in [-0.15, -0.1) is 0 Å². The SMILES string of the molecule is CCCCN(CCCC)CCc1c[nH]c2ccc(NS(=O)(=O)Nc3cccc4ccccc34)cc12. The number of fused-ring (bicyclic) bond motifs is 2. The number of nitrogens with one attached hydrogen (secondary N) is 3. The summed E-state index contributed by atoms with van der Waals surface area (Å²) in [6, 6.07) is 19.0. The number of benzene rings is 3. The van der Waals surface area contributed by atoms with Gasteiger partial charge in [0, 0.05) is 29.0 Å². The van der Waals surface area contributed by atoms with Gasteiger partial charge in [0.05, 0.1) is 11.4 Å². The largest absolute Gasteiger partial charge is 0.361 e. The molecule has 35 heavy (non-hydrogen) atoms. The molecule has 0 aliphatic carbocycles. The smallest absolute Gasteiger partial charge is 0.321 e. The molecule has 0 aliphatic heterocycles. The summed E-state index contributed by atoms with van der Waals surface area (Å²) in [7, 11) is -3.81. The van der Waals surface area contributed by atoms with Crippen molar-refractivity contribution >= 4 is 43.3 Å². The molecule has 3 aromatic carbocycles. The van der Waals surface area contributed by atoms with Gasteiger partial charge in [0.1, 0.15) is 0 Å². The Morgan fingerprint density at radius 2 is 1.57 bits per heavy atom. The molecule has 0 radical (unpaired) electrons. The molecule has 0 saturated heterocycles. The Morgan fingerprint density at radius 1 is 0.829 bits per heavy atom. The first-order valence-electron chi connectivity index (χ1n) is 12.6. The van der Waals surface area contributed by atoms with Crippen LogP contribution in [0.2, 0.25) is 0 Å². The molecule has 0 unspecified atom stereocenters. The quantitative estimate of drug-likeness (QED) is 0.198. The summed E-state index contributed by atoms with van der Waals surface area (Å²) < 4.78 is 31.3. The Labute approximate surface area is 208 Å². The van der Waals surface area contributed by atoms with Gasteiger partial charge in [0.25, 0.3) is 0 Å². The lowest BCUT2D eigenvalue weighted by Crippen LogP contribution is -2.28. The van der Waals surface area contributed by atoms with Crippen molar-refractivity contribution in [2.75, 3.05) is 29.1 Å². The minimum atomic E-state index is -3.81. The van der Waals surface area contributed by atoms with E-state index in [9.17, 15) is 8.42 Å². The number of rotatable bonds is 13. The second-order valence-corrected chi connectivity index (χ2v) is 10.5. The molecular formula is C28H36N4O2S. The predicted octanol–water partition coefficient (Wildman–Crippen LogP) is 6.53. The maximum Gasteiger partial charge on any atom is 0.321 e. The molecule has 4 aromatic rings. The zero-order valence-corrected chi connectivity index (χ0v) is 21.5. The van der Waals surface area contributed by atoms with Crippen LogP contribution >= 0.6 is 0 Å². The molecule has 7 heteroatoms. The van der Waals surface area contributed by atoms with Crippen molar-refractivity contribution < 1.29 is 8.42 Å². The summed E-state index contributed by atoms with van der Waals surface area (Å²) in [5.41, 5.74) is 3.32. The van der Waals surface area contributed by atoms with Gasteiger partial charge in [-0.1, -0.05) is 63.1 Å². The van der Waals surface area contributed by atoms with Crippen molar-refractivity contribution in [2.24, 2.45) is 0 Å². The zero-order chi connectivity index (χ0) is 24.7. The maximum atomic E-state index is 13.0. The van der Waals surface area contributed by atoms with Crippen LogP contribution in [0.25, 0.3) is 21.7 Å². The molecule has 186 valence electrons. The molecule has 0 aliphatic rings.